The Morgan fingerprint density at radius 3 is 1.58 bits per heavy atom. The van der Waals surface area contributed by atoms with E-state index < -0.39 is 0 Å². The molecule has 226 valence electrons. The molecule has 1 heterocycles. The van der Waals surface area contributed by atoms with Gasteiger partial charge in [0.05, 0.1) is 0 Å². The van der Waals surface area contributed by atoms with E-state index in [0.717, 1.165) is 0 Å². The average molecular weight is 629 g/mol. The second kappa shape index (κ2) is 10.2. The highest BCUT2D eigenvalue weighted by molar-refractivity contribution is 7.26. The molecular weight excluding hydrogens is 597 g/mol. The van der Waals surface area contributed by atoms with Gasteiger partial charge in [0.25, 0.3) is 0 Å². The summed E-state index contributed by atoms with van der Waals surface area (Å²) in [5.74, 6) is 0. The highest BCUT2D eigenvalue weighted by Gasteiger charge is 2.38. The van der Waals surface area contributed by atoms with Gasteiger partial charge in [-0.25, -0.2) is 0 Å². The first-order valence-corrected chi connectivity index (χ1v) is 17.6. The lowest BCUT2D eigenvalue weighted by Gasteiger charge is -2.22. The molecule has 0 aliphatic heterocycles. The summed E-state index contributed by atoms with van der Waals surface area (Å²) in [7, 11) is 0. The third kappa shape index (κ3) is 3.83. The summed E-state index contributed by atoms with van der Waals surface area (Å²) in [5.41, 5.74) is 13.2. The lowest BCUT2D eigenvalue weighted by molar-refractivity contribution is 0.661. The number of hydrogen-bond donors (Lipinski definition) is 0. The molecule has 1 aliphatic carbocycles. The molecule has 0 N–H and O–H groups in total. The fraction of sp³-hybridized carbons (Fsp3) is 0.0638. The smallest absolute Gasteiger partial charge is 0.0440 e. The maximum Gasteiger partial charge on any atom is 0.0440 e. The van der Waals surface area contributed by atoms with Crippen molar-refractivity contribution in [3.63, 3.8) is 0 Å². The molecule has 0 atom stereocenters. The van der Waals surface area contributed by atoms with Crippen LogP contribution in [0.3, 0.4) is 0 Å². The van der Waals surface area contributed by atoms with Crippen molar-refractivity contribution in [1.82, 2.24) is 0 Å². The van der Waals surface area contributed by atoms with Crippen LogP contribution >= 0.6 is 11.3 Å². The Balaban J connectivity index is 1.31. The predicted molar refractivity (Wildman–Crippen MR) is 208 cm³/mol. The maximum atomic E-state index is 2.50. The number of fused-ring (bicyclic) bond motifs is 8. The van der Waals surface area contributed by atoms with Crippen molar-refractivity contribution in [2.45, 2.75) is 19.3 Å². The summed E-state index contributed by atoms with van der Waals surface area (Å²) in [5, 5.41) is 7.83. The minimum atomic E-state index is -0.0881. The summed E-state index contributed by atoms with van der Waals surface area (Å²) >= 11 is 1.93. The van der Waals surface area contributed by atoms with Crippen molar-refractivity contribution in [1.29, 1.82) is 0 Å². The first-order valence-electron chi connectivity index (χ1n) is 16.8. The van der Waals surface area contributed by atoms with Gasteiger partial charge in [-0.15, -0.1) is 11.3 Å². The van der Waals surface area contributed by atoms with Crippen molar-refractivity contribution in [3.05, 3.63) is 169 Å². The Morgan fingerprint density at radius 1 is 0.375 bits per heavy atom. The molecule has 8 aromatic carbocycles. The molecule has 0 amide bonds. The Labute approximate surface area is 284 Å². The second-order valence-corrected chi connectivity index (χ2v) is 14.7. The largest absolute Gasteiger partial charge is 0.135 e. The Morgan fingerprint density at radius 2 is 0.896 bits per heavy atom. The normalized spacial score (nSPS) is 13.4. The van der Waals surface area contributed by atoms with Crippen LogP contribution in [0, 0.1) is 0 Å². The fourth-order valence-corrected chi connectivity index (χ4v) is 9.74. The highest BCUT2D eigenvalue weighted by atomic mass is 32.1. The molecule has 0 nitrogen and oxygen atoms in total. The maximum absolute atomic E-state index is 2.50. The topological polar surface area (TPSA) is 0 Å². The van der Waals surface area contributed by atoms with Crippen LogP contribution in [0.5, 0.6) is 0 Å². The van der Waals surface area contributed by atoms with Crippen molar-refractivity contribution < 1.29 is 0 Å². The summed E-state index contributed by atoms with van der Waals surface area (Å²) in [6, 6.07) is 58.6. The zero-order valence-electron chi connectivity index (χ0n) is 26.9. The molecule has 0 radical (unpaired) electrons. The molecule has 48 heavy (non-hydrogen) atoms. The van der Waals surface area contributed by atoms with Crippen LogP contribution in [0.15, 0.2) is 158 Å². The SMILES string of the molecule is CC1(C)c2ccccc2-c2c1cc1c(sc3ccccc31)c2-c1cccc(-c2c3ccccc3c(-c3ccccc3)c3ccccc23)c1. The molecule has 10 rings (SSSR count). The van der Waals surface area contributed by atoms with E-state index in [4.69, 9.17) is 0 Å². The van der Waals surface area contributed by atoms with Crippen LogP contribution in [0.4, 0.5) is 0 Å². The molecule has 0 spiro atoms. The lowest BCUT2D eigenvalue weighted by atomic mass is 9.81. The van der Waals surface area contributed by atoms with E-state index in [1.807, 2.05) is 11.3 Å². The minimum absolute atomic E-state index is 0.0881. The molecule has 1 aliphatic rings. The van der Waals surface area contributed by atoms with Gasteiger partial charge in [0.1, 0.15) is 0 Å². The molecule has 1 heteroatoms. The van der Waals surface area contributed by atoms with E-state index in [9.17, 15) is 0 Å². The van der Waals surface area contributed by atoms with Crippen LogP contribution < -0.4 is 0 Å². The van der Waals surface area contributed by atoms with E-state index in [1.54, 1.807) is 0 Å². The van der Waals surface area contributed by atoms with E-state index in [1.165, 1.54) is 97.4 Å². The molecule has 0 bridgehead atoms. The molecule has 0 saturated carbocycles. The van der Waals surface area contributed by atoms with E-state index in [-0.39, 0.29) is 5.41 Å². The van der Waals surface area contributed by atoms with Gasteiger partial charge < -0.3 is 0 Å². The summed E-state index contributed by atoms with van der Waals surface area (Å²) < 4.78 is 2.71. The van der Waals surface area contributed by atoms with Gasteiger partial charge in [-0.3, -0.25) is 0 Å². The standard InChI is InChI=1S/C47H32S/c1-47(2)39-25-12-10-24-37(39)45-40(47)28-38-32-19-11-13-26-41(32)48-46(38)44(45)31-18-14-17-30(27-31)43-35-22-8-6-20-33(35)42(29-15-4-3-5-16-29)34-21-7-9-23-36(34)43/h3-28H,1-2H3. The van der Waals surface area contributed by atoms with Crippen LogP contribution in [0.25, 0.3) is 86.2 Å². The van der Waals surface area contributed by atoms with Crippen LogP contribution in [-0.2, 0) is 5.41 Å². The van der Waals surface area contributed by atoms with Crippen molar-refractivity contribution >= 4 is 53.1 Å². The molecule has 1 aromatic heterocycles. The predicted octanol–water partition coefficient (Wildman–Crippen LogP) is 13.7. The first-order chi connectivity index (χ1) is 23.6. The third-order valence-corrected chi connectivity index (χ3v) is 11.8. The van der Waals surface area contributed by atoms with Gasteiger partial charge in [0.15, 0.2) is 0 Å². The Bertz CT molecular complexity index is 2690. The lowest BCUT2D eigenvalue weighted by Crippen LogP contribution is -2.14. The van der Waals surface area contributed by atoms with Gasteiger partial charge in [0.2, 0.25) is 0 Å². The summed E-state index contributed by atoms with van der Waals surface area (Å²) in [6.07, 6.45) is 0. The third-order valence-electron chi connectivity index (χ3n) is 10.6. The molecule has 9 aromatic rings. The number of rotatable bonds is 3. The Hall–Kier alpha value is -5.50. The quantitative estimate of drug-likeness (QED) is 0.171. The van der Waals surface area contributed by atoms with Gasteiger partial charge in [-0.05, 0) is 89.8 Å². The number of hydrogen-bond acceptors (Lipinski definition) is 1. The zero-order chi connectivity index (χ0) is 32.0. The average Bonchev–Trinajstić information content (AvgIpc) is 3.62. The summed E-state index contributed by atoms with van der Waals surface area (Å²) in [6.45, 7) is 4.79. The van der Waals surface area contributed by atoms with E-state index in [2.05, 4.69) is 172 Å². The monoisotopic (exact) mass is 628 g/mol. The van der Waals surface area contributed by atoms with Crippen LogP contribution in [0.1, 0.15) is 25.0 Å². The molecule has 0 saturated heterocycles. The minimum Gasteiger partial charge on any atom is -0.135 e. The number of thiophene rings is 1. The summed E-state index contributed by atoms with van der Waals surface area (Å²) in [4.78, 5) is 0. The van der Waals surface area contributed by atoms with E-state index >= 15 is 0 Å². The molecule has 0 unspecified atom stereocenters. The highest BCUT2D eigenvalue weighted by Crippen LogP contribution is 2.56. The fourth-order valence-electron chi connectivity index (χ4n) is 8.48. The Kier molecular flexibility index (Phi) is 5.89. The van der Waals surface area contributed by atoms with Crippen LogP contribution in [-0.4, -0.2) is 0 Å². The molecule has 0 fully saturated rings. The zero-order valence-corrected chi connectivity index (χ0v) is 27.7. The van der Waals surface area contributed by atoms with E-state index in [0.29, 0.717) is 0 Å². The van der Waals surface area contributed by atoms with Gasteiger partial charge >= 0.3 is 0 Å². The second-order valence-electron chi connectivity index (χ2n) is 13.6. The van der Waals surface area contributed by atoms with Crippen molar-refractivity contribution in [3.8, 4) is 44.5 Å². The van der Waals surface area contributed by atoms with Gasteiger partial charge in [-0.2, -0.15) is 0 Å². The number of benzene rings is 8. The van der Waals surface area contributed by atoms with Gasteiger partial charge in [0, 0.05) is 31.2 Å². The van der Waals surface area contributed by atoms with Crippen molar-refractivity contribution in [2.24, 2.45) is 0 Å². The first kappa shape index (κ1) is 27.6. The van der Waals surface area contributed by atoms with Crippen molar-refractivity contribution in [2.75, 3.05) is 0 Å². The molecular formula is C47H32S. The van der Waals surface area contributed by atoms with Gasteiger partial charge in [-0.1, -0.05) is 153 Å². The van der Waals surface area contributed by atoms with Crippen LogP contribution in [0.2, 0.25) is 0 Å².